The third-order valence-corrected chi connectivity index (χ3v) is 4.28. The van der Waals surface area contributed by atoms with Crippen LogP contribution in [0, 0.1) is 0 Å². The summed E-state index contributed by atoms with van der Waals surface area (Å²) >= 11 is 0. The summed E-state index contributed by atoms with van der Waals surface area (Å²) in [4.78, 5) is 10.8. The average molecular weight is 315 g/mol. The molecular weight excluding hydrogens is 276 g/mol. The molecule has 3 nitrogen and oxygen atoms in total. The lowest BCUT2D eigenvalue weighted by Crippen LogP contribution is -2.16. The Morgan fingerprint density at radius 1 is 0.727 bits per heavy atom. The molecule has 0 saturated heterocycles. The van der Waals surface area contributed by atoms with E-state index in [0.29, 0.717) is 0 Å². The number of hydrogen-bond acceptors (Lipinski definition) is 2. The van der Waals surface area contributed by atoms with Crippen molar-refractivity contribution in [2.24, 2.45) is 0 Å². The second-order valence-corrected chi connectivity index (χ2v) is 6.47. The van der Waals surface area contributed by atoms with Gasteiger partial charge in [-0.3, -0.25) is 0 Å². The predicted octanol–water partition coefficient (Wildman–Crippen LogP) is 6.94. The molecular formula is C19H38O3. The number of ether oxygens (including phenoxy) is 1. The Morgan fingerprint density at radius 2 is 1.09 bits per heavy atom. The fourth-order valence-electron chi connectivity index (χ4n) is 2.89. The average Bonchev–Trinajstić information content (AvgIpc) is 2.49. The highest BCUT2D eigenvalue weighted by Gasteiger charge is 2.12. The molecule has 0 aromatic rings. The predicted molar refractivity (Wildman–Crippen MR) is 93.5 cm³/mol. The smallest absolute Gasteiger partial charge is 0.450 e. The largest absolute Gasteiger partial charge is 0.506 e. The van der Waals surface area contributed by atoms with Gasteiger partial charge in [0.25, 0.3) is 0 Å². The normalized spacial score (nSPS) is 12.3. The monoisotopic (exact) mass is 314 g/mol. The lowest BCUT2D eigenvalue weighted by Gasteiger charge is -2.15. The van der Waals surface area contributed by atoms with Gasteiger partial charge in [0.05, 0.1) is 0 Å². The quantitative estimate of drug-likeness (QED) is 0.248. The van der Waals surface area contributed by atoms with Gasteiger partial charge >= 0.3 is 6.16 Å². The van der Waals surface area contributed by atoms with E-state index >= 15 is 0 Å². The van der Waals surface area contributed by atoms with Crippen molar-refractivity contribution in [2.45, 2.75) is 116 Å². The van der Waals surface area contributed by atoms with Gasteiger partial charge in [-0.25, -0.2) is 4.79 Å². The van der Waals surface area contributed by atoms with Crippen LogP contribution in [0.25, 0.3) is 0 Å². The zero-order valence-electron chi connectivity index (χ0n) is 14.9. The van der Waals surface area contributed by atoms with Gasteiger partial charge in [0, 0.05) is 0 Å². The van der Waals surface area contributed by atoms with E-state index in [1.165, 1.54) is 70.6 Å². The minimum Gasteiger partial charge on any atom is -0.450 e. The zero-order chi connectivity index (χ0) is 16.5. The van der Waals surface area contributed by atoms with Crippen LogP contribution in [0.3, 0.4) is 0 Å². The Hall–Kier alpha value is -0.730. The molecule has 0 saturated carbocycles. The van der Waals surface area contributed by atoms with Crippen molar-refractivity contribution >= 4 is 6.16 Å². The molecule has 0 radical (unpaired) electrons. The first-order valence-corrected chi connectivity index (χ1v) is 9.60. The van der Waals surface area contributed by atoms with E-state index in [-0.39, 0.29) is 6.10 Å². The molecule has 0 spiro atoms. The maximum atomic E-state index is 10.8. The fraction of sp³-hybridized carbons (Fsp3) is 0.947. The van der Waals surface area contributed by atoms with Crippen molar-refractivity contribution in [2.75, 3.05) is 0 Å². The van der Waals surface area contributed by atoms with Crippen molar-refractivity contribution in [3.63, 3.8) is 0 Å². The van der Waals surface area contributed by atoms with Crippen LogP contribution >= 0.6 is 0 Å². The molecule has 0 aromatic heterocycles. The van der Waals surface area contributed by atoms with E-state index in [0.717, 1.165) is 25.7 Å². The molecule has 1 atom stereocenters. The molecule has 0 aliphatic rings. The summed E-state index contributed by atoms with van der Waals surface area (Å²) in [6, 6.07) is 0. The lowest BCUT2D eigenvalue weighted by molar-refractivity contribution is 0.0422. The molecule has 3 heteroatoms. The van der Waals surface area contributed by atoms with Crippen molar-refractivity contribution < 1.29 is 14.6 Å². The van der Waals surface area contributed by atoms with Crippen LogP contribution < -0.4 is 0 Å². The minimum absolute atomic E-state index is 0.0840. The summed E-state index contributed by atoms with van der Waals surface area (Å²) in [5, 5.41) is 8.83. The summed E-state index contributed by atoms with van der Waals surface area (Å²) in [5.74, 6) is 0. The van der Waals surface area contributed by atoms with Crippen LogP contribution in [0.5, 0.6) is 0 Å². The maximum Gasteiger partial charge on any atom is 0.506 e. The van der Waals surface area contributed by atoms with E-state index in [9.17, 15) is 4.79 Å². The summed E-state index contributed by atoms with van der Waals surface area (Å²) in [7, 11) is 0. The SMILES string of the molecule is CCCCCCCCCC(CCCCCCCC)OC(=O)O. The summed E-state index contributed by atoms with van der Waals surface area (Å²) in [6.07, 6.45) is 16.9. The lowest BCUT2D eigenvalue weighted by atomic mass is 10.0. The van der Waals surface area contributed by atoms with Crippen LogP contribution in [-0.2, 0) is 4.74 Å². The van der Waals surface area contributed by atoms with Gasteiger partial charge < -0.3 is 9.84 Å². The van der Waals surface area contributed by atoms with Crippen LogP contribution in [-0.4, -0.2) is 17.4 Å². The highest BCUT2D eigenvalue weighted by molar-refractivity contribution is 5.57. The van der Waals surface area contributed by atoms with Crippen LogP contribution in [0.4, 0.5) is 4.79 Å². The van der Waals surface area contributed by atoms with Gasteiger partial charge in [-0.05, 0) is 25.7 Å². The topological polar surface area (TPSA) is 46.5 Å². The molecule has 0 aliphatic heterocycles. The Kier molecular flexibility index (Phi) is 16.1. The molecule has 0 fully saturated rings. The van der Waals surface area contributed by atoms with Gasteiger partial charge in [-0.1, -0.05) is 84.5 Å². The van der Waals surface area contributed by atoms with E-state index in [1.807, 2.05) is 0 Å². The Labute approximate surface area is 137 Å². The summed E-state index contributed by atoms with van der Waals surface area (Å²) < 4.78 is 5.04. The first kappa shape index (κ1) is 21.3. The molecule has 0 aliphatic carbocycles. The highest BCUT2D eigenvalue weighted by atomic mass is 16.7. The zero-order valence-corrected chi connectivity index (χ0v) is 14.9. The van der Waals surface area contributed by atoms with E-state index < -0.39 is 6.16 Å². The highest BCUT2D eigenvalue weighted by Crippen LogP contribution is 2.17. The number of hydrogen-bond donors (Lipinski definition) is 1. The van der Waals surface area contributed by atoms with Gasteiger partial charge in [0.1, 0.15) is 6.10 Å². The first-order valence-electron chi connectivity index (χ1n) is 9.60. The summed E-state index contributed by atoms with van der Waals surface area (Å²) in [5.41, 5.74) is 0. The van der Waals surface area contributed by atoms with Gasteiger partial charge in [0.15, 0.2) is 0 Å². The Balaban J connectivity index is 3.63. The minimum atomic E-state index is -1.11. The number of carboxylic acid groups (broad SMARTS) is 1. The van der Waals surface area contributed by atoms with Crippen LogP contribution in [0.2, 0.25) is 0 Å². The molecule has 0 bridgehead atoms. The second-order valence-electron chi connectivity index (χ2n) is 6.47. The van der Waals surface area contributed by atoms with Crippen molar-refractivity contribution in [3.05, 3.63) is 0 Å². The van der Waals surface area contributed by atoms with E-state index in [2.05, 4.69) is 13.8 Å². The number of unbranched alkanes of at least 4 members (excludes halogenated alkanes) is 11. The van der Waals surface area contributed by atoms with Gasteiger partial charge in [-0.15, -0.1) is 0 Å². The van der Waals surface area contributed by atoms with Crippen LogP contribution in [0.1, 0.15) is 110 Å². The Morgan fingerprint density at radius 3 is 1.45 bits per heavy atom. The van der Waals surface area contributed by atoms with Gasteiger partial charge in [0.2, 0.25) is 0 Å². The molecule has 22 heavy (non-hydrogen) atoms. The number of carbonyl (C=O) groups is 1. The molecule has 1 N–H and O–H groups in total. The van der Waals surface area contributed by atoms with E-state index in [1.54, 1.807) is 0 Å². The second kappa shape index (κ2) is 16.6. The van der Waals surface area contributed by atoms with Crippen molar-refractivity contribution in [3.8, 4) is 0 Å². The Bertz CT molecular complexity index is 241. The first-order chi connectivity index (χ1) is 10.7. The molecule has 0 aromatic carbocycles. The molecule has 1 unspecified atom stereocenters. The molecule has 0 rings (SSSR count). The molecule has 132 valence electrons. The summed E-state index contributed by atoms with van der Waals surface area (Å²) in [6.45, 7) is 4.45. The van der Waals surface area contributed by atoms with Crippen LogP contribution in [0.15, 0.2) is 0 Å². The van der Waals surface area contributed by atoms with Crippen molar-refractivity contribution in [1.29, 1.82) is 0 Å². The fourth-order valence-corrected chi connectivity index (χ4v) is 2.89. The number of rotatable bonds is 16. The molecule has 0 amide bonds. The third kappa shape index (κ3) is 15.7. The van der Waals surface area contributed by atoms with Gasteiger partial charge in [-0.2, -0.15) is 0 Å². The third-order valence-electron chi connectivity index (χ3n) is 4.28. The standard InChI is InChI=1S/C19H38O3/c1-3-5-7-9-11-13-15-17-18(22-19(20)21)16-14-12-10-8-6-4-2/h18H,3-17H2,1-2H3,(H,20,21). The van der Waals surface area contributed by atoms with Crippen molar-refractivity contribution in [1.82, 2.24) is 0 Å². The molecule has 0 heterocycles. The van der Waals surface area contributed by atoms with E-state index in [4.69, 9.17) is 9.84 Å². The maximum absolute atomic E-state index is 10.8.